The molecular weight excluding hydrogens is 335 g/mol. The molecule has 26 heavy (non-hydrogen) atoms. The van der Waals surface area contributed by atoms with Gasteiger partial charge in [0, 0.05) is 26.0 Å². The van der Waals surface area contributed by atoms with Crippen molar-refractivity contribution in [2.24, 2.45) is 7.05 Å². The van der Waals surface area contributed by atoms with Gasteiger partial charge in [-0.15, -0.1) is 0 Å². The fraction of sp³-hybridized carbons (Fsp3) is 0.118. The number of benzene rings is 1. The van der Waals surface area contributed by atoms with Crippen molar-refractivity contribution >= 4 is 28.7 Å². The van der Waals surface area contributed by atoms with Crippen molar-refractivity contribution in [1.29, 1.82) is 0 Å². The Morgan fingerprint density at radius 3 is 2.54 bits per heavy atom. The monoisotopic (exact) mass is 350 g/mol. The molecule has 2 N–H and O–H groups in total. The topological polar surface area (TPSA) is 93.4 Å². The van der Waals surface area contributed by atoms with E-state index < -0.39 is 0 Å². The zero-order valence-electron chi connectivity index (χ0n) is 14.1. The van der Waals surface area contributed by atoms with Gasteiger partial charge in [-0.2, -0.15) is 4.98 Å². The van der Waals surface area contributed by atoms with Gasteiger partial charge in [0.05, 0.1) is 6.20 Å². The van der Waals surface area contributed by atoms with Crippen molar-refractivity contribution in [3.8, 4) is 11.5 Å². The molecule has 1 aromatic carbocycles. The van der Waals surface area contributed by atoms with Crippen molar-refractivity contribution in [1.82, 2.24) is 29.5 Å². The Morgan fingerprint density at radius 2 is 1.77 bits per heavy atom. The van der Waals surface area contributed by atoms with Crippen molar-refractivity contribution in [2.45, 2.75) is 0 Å². The molecule has 0 aliphatic rings. The molecule has 3 aromatic heterocycles. The van der Waals surface area contributed by atoms with Crippen LogP contribution in [0.15, 0.2) is 42.7 Å². The third-order valence-electron chi connectivity index (χ3n) is 3.82. The number of fused-ring (bicyclic) bond motifs is 1. The molecule has 8 nitrogen and oxygen atoms in total. The van der Waals surface area contributed by atoms with Gasteiger partial charge in [0.2, 0.25) is 11.9 Å². The lowest BCUT2D eigenvalue weighted by molar-refractivity contribution is 0.628. The molecule has 0 atom stereocenters. The van der Waals surface area contributed by atoms with E-state index in [-0.39, 0.29) is 5.82 Å². The number of hydrogen-bond acceptors (Lipinski definition) is 7. The van der Waals surface area contributed by atoms with E-state index in [2.05, 4.69) is 35.6 Å². The summed E-state index contributed by atoms with van der Waals surface area (Å²) < 4.78 is 14.9. The molecule has 0 aliphatic carbocycles. The highest BCUT2D eigenvalue weighted by molar-refractivity contribution is 5.77. The van der Waals surface area contributed by atoms with Crippen LogP contribution in [0.2, 0.25) is 0 Å². The van der Waals surface area contributed by atoms with Gasteiger partial charge in [-0.3, -0.25) is 0 Å². The Labute approximate surface area is 148 Å². The van der Waals surface area contributed by atoms with E-state index in [1.807, 2.05) is 11.6 Å². The van der Waals surface area contributed by atoms with Gasteiger partial charge < -0.3 is 15.2 Å². The molecular formula is C17H15FN8. The molecule has 130 valence electrons. The Bertz CT molecular complexity index is 1070. The van der Waals surface area contributed by atoms with Crippen LogP contribution in [0, 0.1) is 5.82 Å². The first kappa shape index (κ1) is 15.9. The van der Waals surface area contributed by atoms with Gasteiger partial charge in [0.15, 0.2) is 11.5 Å². The summed E-state index contributed by atoms with van der Waals surface area (Å²) in [5.74, 6) is 1.28. The largest absolute Gasteiger partial charge is 0.357 e. The molecule has 4 aromatic rings. The first-order valence-electron chi connectivity index (χ1n) is 7.87. The maximum Gasteiger partial charge on any atom is 0.229 e. The average Bonchev–Trinajstić information content (AvgIpc) is 3.00. The standard InChI is InChI=1S/C17H15FN8/c1-19-16-20-8-7-12(24-16)14-23-13-9-21-17(25-15(13)26(14)2)22-11-5-3-10(18)4-6-11/h3-9H,1-2H3,(H,19,20,24)(H,21,22,25). The smallest absolute Gasteiger partial charge is 0.229 e. The Kier molecular flexibility index (Phi) is 3.88. The van der Waals surface area contributed by atoms with Crippen molar-refractivity contribution in [2.75, 3.05) is 17.7 Å². The summed E-state index contributed by atoms with van der Waals surface area (Å²) in [6.07, 6.45) is 3.30. The predicted molar refractivity (Wildman–Crippen MR) is 96.6 cm³/mol. The van der Waals surface area contributed by atoms with E-state index in [0.717, 1.165) is 0 Å². The molecule has 0 saturated heterocycles. The summed E-state index contributed by atoms with van der Waals surface area (Å²) in [7, 11) is 3.62. The number of halogens is 1. The van der Waals surface area contributed by atoms with Crippen LogP contribution in [0.4, 0.5) is 22.0 Å². The van der Waals surface area contributed by atoms with Gasteiger partial charge in [-0.05, 0) is 30.3 Å². The van der Waals surface area contributed by atoms with Crippen LogP contribution in [-0.4, -0.2) is 36.5 Å². The highest BCUT2D eigenvalue weighted by Crippen LogP contribution is 2.22. The number of aromatic nitrogens is 6. The van der Waals surface area contributed by atoms with Gasteiger partial charge in [-0.25, -0.2) is 24.3 Å². The Balaban J connectivity index is 1.72. The summed E-state index contributed by atoms with van der Waals surface area (Å²) in [5, 5.41) is 5.96. The minimum atomic E-state index is -0.297. The lowest BCUT2D eigenvalue weighted by atomic mass is 10.3. The highest BCUT2D eigenvalue weighted by atomic mass is 19.1. The van der Waals surface area contributed by atoms with Crippen LogP contribution < -0.4 is 10.6 Å². The molecule has 0 radical (unpaired) electrons. The van der Waals surface area contributed by atoms with Gasteiger partial charge in [0.1, 0.15) is 17.0 Å². The number of hydrogen-bond donors (Lipinski definition) is 2. The molecule has 0 unspecified atom stereocenters. The van der Waals surface area contributed by atoms with E-state index in [4.69, 9.17) is 0 Å². The summed E-state index contributed by atoms with van der Waals surface area (Å²) in [6, 6.07) is 7.78. The number of rotatable bonds is 4. The number of nitrogens with one attached hydrogen (secondary N) is 2. The van der Waals surface area contributed by atoms with Crippen LogP contribution in [0.25, 0.3) is 22.7 Å². The fourth-order valence-electron chi connectivity index (χ4n) is 2.54. The van der Waals surface area contributed by atoms with E-state index >= 15 is 0 Å². The number of aryl methyl sites for hydroxylation is 1. The van der Waals surface area contributed by atoms with Crippen LogP contribution >= 0.6 is 0 Å². The van der Waals surface area contributed by atoms with Gasteiger partial charge in [0.25, 0.3) is 0 Å². The van der Waals surface area contributed by atoms with E-state index in [9.17, 15) is 4.39 Å². The van der Waals surface area contributed by atoms with Crippen LogP contribution in [0.3, 0.4) is 0 Å². The predicted octanol–water partition coefficient (Wildman–Crippen LogP) is 2.74. The lowest BCUT2D eigenvalue weighted by Crippen LogP contribution is -2.01. The molecule has 0 amide bonds. The van der Waals surface area contributed by atoms with Crippen LogP contribution in [0.5, 0.6) is 0 Å². The molecule has 0 aliphatic heterocycles. The molecule has 0 bridgehead atoms. The zero-order valence-corrected chi connectivity index (χ0v) is 14.1. The minimum absolute atomic E-state index is 0.297. The number of nitrogens with zero attached hydrogens (tertiary/aromatic N) is 6. The normalized spacial score (nSPS) is 10.9. The number of imidazole rings is 1. The number of anilines is 3. The average molecular weight is 350 g/mol. The fourth-order valence-corrected chi connectivity index (χ4v) is 2.54. The van der Waals surface area contributed by atoms with E-state index in [1.165, 1.54) is 12.1 Å². The third kappa shape index (κ3) is 2.90. The highest BCUT2D eigenvalue weighted by Gasteiger charge is 2.14. The molecule has 3 heterocycles. The Hall–Kier alpha value is -3.62. The van der Waals surface area contributed by atoms with Gasteiger partial charge >= 0.3 is 0 Å². The summed E-state index contributed by atoms with van der Waals surface area (Å²) in [4.78, 5) is 21.9. The minimum Gasteiger partial charge on any atom is -0.357 e. The van der Waals surface area contributed by atoms with E-state index in [0.29, 0.717) is 40.3 Å². The Morgan fingerprint density at radius 1 is 0.962 bits per heavy atom. The third-order valence-corrected chi connectivity index (χ3v) is 3.82. The lowest BCUT2D eigenvalue weighted by Gasteiger charge is -2.05. The summed E-state index contributed by atoms with van der Waals surface area (Å²) in [6.45, 7) is 0. The second-order valence-electron chi connectivity index (χ2n) is 5.54. The second-order valence-corrected chi connectivity index (χ2v) is 5.54. The summed E-state index contributed by atoms with van der Waals surface area (Å²) >= 11 is 0. The SMILES string of the molecule is CNc1nccc(-c2nc3cnc(Nc4ccc(F)cc4)nc3n2C)n1. The summed E-state index contributed by atoms with van der Waals surface area (Å²) in [5.41, 5.74) is 2.68. The van der Waals surface area contributed by atoms with Crippen molar-refractivity contribution < 1.29 is 4.39 Å². The maximum absolute atomic E-state index is 13.0. The van der Waals surface area contributed by atoms with E-state index in [1.54, 1.807) is 37.6 Å². The van der Waals surface area contributed by atoms with Crippen LogP contribution in [-0.2, 0) is 7.05 Å². The quantitative estimate of drug-likeness (QED) is 0.584. The molecule has 0 saturated carbocycles. The van der Waals surface area contributed by atoms with Crippen molar-refractivity contribution in [3.63, 3.8) is 0 Å². The van der Waals surface area contributed by atoms with Crippen molar-refractivity contribution in [3.05, 3.63) is 48.5 Å². The molecule has 0 fully saturated rings. The molecule has 0 spiro atoms. The first-order chi connectivity index (χ1) is 12.6. The van der Waals surface area contributed by atoms with Crippen LogP contribution in [0.1, 0.15) is 0 Å². The zero-order chi connectivity index (χ0) is 18.1. The molecule has 4 rings (SSSR count). The second kappa shape index (κ2) is 6.36. The maximum atomic E-state index is 13.0. The van der Waals surface area contributed by atoms with Gasteiger partial charge in [-0.1, -0.05) is 0 Å². The molecule has 9 heteroatoms. The first-order valence-corrected chi connectivity index (χ1v) is 7.87.